The molecule has 2 aromatic rings. The molecule has 0 N–H and O–H groups in total. The van der Waals surface area contributed by atoms with Gasteiger partial charge >= 0.3 is 0 Å². The summed E-state index contributed by atoms with van der Waals surface area (Å²) in [5, 5.41) is 13.0. The van der Waals surface area contributed by atoms with Crippen LogP contribution >= 0.6 is 0 Å². The third-order valence-corrected chi connectivity index (χ3v) is 5.57. The summed E-state index contributed by atoms with van der Waals surface area (Å²) in [5.74, 6) is 4.43. The van der Waals surface area contributed by atoms with Gasteiger partial charge in [-0.25, -0.2) is 0 Å². The van der Waals surface area contributed by atoms with E-state index >= 15 is 0 Å². The number of aryl methyl sites for hydroxylation is 1. The second-order valence-corrected chi connectivity index (χ2v) is 7.76. The number of hydrogen-bond acceptors (Lipinski definition) is 7. The average Bonchev–Trinajstić information content (AvgIpc) is 3.53. The minimum atomic E-state index is 0.148. The Hall–Kier alpha value is -1.80. The highest BCUT2D eigenvalue weighted by Gasteiger charge is 2.37. The number of aromatic nitrogens is 5. The Morgan fingerprint density at radius 1 is 1.12 bits per heavy atom. The van der Waals surface area contributed by atoms with Crippen LogP contribution in [0.2, 0.25) is 0 Å². The summed E-state index contributed by atoms with van der Waals surface area (Å²) in [5.41, 5.74) is 0. The van der Waals surface area contributed by atoms with Crippen molar-refractivity contribution in [2.75, 3.05) is 26.7 Å². The lowest BCUT2D eigenvalue weighted by Crippen LogP contribution is -2.46. The molecule has 0 amide bonds. The third-order valence-electron chi connectivity index (χ3n) is 5.57. The standard InChI is InChI=1S/C17H25N7O/c1-11-18-17(25-21-11)14-9-23(8-7-22(14)2)10-15-19-20-16(12-3-4-12)24(15)13-5-6-13/h12-14H,3-10H2,1-2H3. The van der Waals surface area contributed by atoms with E-state index in [0.29, 0.717) is 23.7 Å². The lowest BCUT2D eigenvalue weighted by atomic mass is 10.1. The van der Waals surface area contributed by atoms with Gasteiger partial charge in [-0.15, -0.1) is 10.2 Å². The highest BCUT2D eigenvalue weighted by molar-refractivity contribution is 5.12. The van der Waals surface area contributed by atoms with Crippen LogP contribution in [0.4, 0.5) is 0 Å². The van der Waals surface area contributed by atoms with Gasteiger partial charge in [0.1, 0.15) is 17.7 Å². The van der Waals surface area contributed by atoms with Gasteiger partial charge in [0, 0.05) is 31.6 Å². The number of nitrogens with zero attached hydrogens (tertiary/aromatic N) is 7. The van der Waals surface area contributed by atoms with Gasteiger partial charge in [-0.1, -0.05) is 5.16 Å². The average molecular weight is 343 g/mol. The summed E-state index contributed by atoms with van der Waals surface area (Å²) >= 11 is 0. The molecule has 3 heterocycles. The molecular formula is C17H25N7O. The Morgan fingerprint density at radius 2 is 1.96 bits per heavy atom. The highest BCUT2D eigenvalue weighted by atomic mass is 16.5. The number of rotatable bonds is 5. The predicted octanol–water partition coefficient (Wildman–Crippen LogP) is 1.67. The predicted molar refractivity (Wildman–Crippen MR) is 90.0 cm³/mol. The van der Waals surface area contributed by atoms with Gasteiger partial charge in [-0.05, 0) is 39.7 Å². The van der Waals surface area contributed by atoms with Crippen molar-refractivity contribution < 1.29 is 4.52 Å². The fourth-order valence-electron chi connectivity index (χ4n) is 3.78. The molecule has 0 radical (unpaired) electrons. The third kappa shape index (κ3) is 2.97. The van der Waals surface area contributed by atoms with Gasteiger partial charge < -0.3 is 9.09 Å². The number of hydrogen-bond donors (Lipinski definition) is 0. The lowest BCUT2D eigenvalue weighted by Gasteiger charge is -2.37. The monoisotopic (exact) mass is 343 g/mol. The Balaban J connectivity index is 1.34. The second-order valence-electron chi connectivity index (χ2n) is 7.76. The molecule has 25 heavy (non-hydrogen) atoms. The van der Waals surface area contributed by atoms with Crippen molar-refractivity contribution in [3.05, 3.63) is 23.4 Å². The van der Waals surface area contributed by atoms with E-state index in [4.69, 9.17) is 4.52 Å². The smallest absolute Gasteiger partial charge is 0.245 e. The topological polar surface area (TPSA) is 76.1 Å². The van der Waals surface area contributed by atoms with E-state index in [1.165, 1.54) is 31.5 Å². The van der Waals surface area contributed by atoms with Crippen molar-refractivity contribution in [3.8, 4) is 0 Å². The van der Waals surface area contributed by atoms with E-state index in [2.05, 4.69) is 41.8 Å². The molecule has 8 nitrogen and oxygen atoms in total. The second kappa shape index (κ2) is 5.88. The van der Waals surface area contributed by atoms with Crippen LogP contribution in [0.25, 0.3) is 0 Å². The van der Waals surface area contributed by atoms with Crippen molar-refractivity contribution in [1.29, 1.82) is 0 Å². The van der Waals surface area contributed by atoms with Crippen molar-refractivity contribution in [2.24, 2.45) is 0 Å². The van der Waals surface area contributed by atoms with E-state index in [1.807, 2.05) is 6.92 Å². The normalized spacial score (nSPS) is 25.6. The Labute approximate surface area is 147 Å². The number of likely N-dealkylation sites (N-methyl/N-ethyl adjacent to an activating group) is 1. The molecule has 1 atom stereocenters. The van der Waals surface area contributed by atoms with Gasteiger partial charge in [-0.3, -0.25) is 9.80 Å². The van der Waals surface area contributed by atoms with Crippen LogP contribution in [0, 0.1) is 6.92 Å². The van der Waals surface area contributed by atoms with Gasteiger partial charge in [0.15, 0.2) is 5.82 Å². The van der Waals surface area contributed by atoms with E-state index in [-0.39, 0.29) is 6.04 Å². The summed E-state index contributed by atoms with van der Waals surface area (Å²) in [7, 11) is 2.12. The summed E-state index contributed by atoms with van der Waals surface area (Å²) < 4.78 is 7.87. The zero-order chi connectivity index (χ0) is 17.0. The maximum absolute atomic E-state index is 5.43. The van der Waals surface area contributed by atoms with Crippen molar-refractivity contribution >= 4 is 0 Å². The molecule has 134 valence electrons. The maximum Gasteiger partial charge on any atom is 0.245 e. The molecule has 1 unspecified atom stereocenters. The molecule has 8 heteroatoms. The summed E-state index contributed by atoms with van der Waals surface area (Å²) in [6, 6.07) is 0.789. The fraction of sp³-hybridized carbons (Fsp3) is 0.765. The molecule has 0 aromatic carbocycles. The molecular weight excluding hydrogens is 318 g/mol. The quantitative estimate of drug-likeness (QED) is 0.817. The van der Waals surface area contributed by atoms with Gasteiger partial charge in [0.2, 0.25) is 5.89 Å². The Morgan fingerprint density at radius 3 is 2.64 bits per heavy atom. The molecule has 5 rings (SSSR count). The van der Waals surface area contributed by atoms with Crippen LogP contribution in [0.5, 0.6) is 0 Å². The van der Waals surface area contributed by atoms with Crippen LogP contribution in [-0.2, 0) is 6.54 Å². The highest BCUT2D eigenvalue weighted by Crippen LogP contribution is 2.44. The molecule has 2 aromatic heterocycles. The van der Waals surface area contributed by atoms with Crippen molar-refractivity contribution in [2.45, 2.75) is 57.2 Å². The zero-order valence-electron chi connectivity index (χ0n) is 14.9. The van der Waals surface area contributed by atoms with Gasteiger partial charge in [0.25, 0.3) is 0 Å². The van der Waals surface area contributed by atoms with Crippen molar-refractivity contribution in [3.63, 3.8) is 0 Å². The molecule has 3 fully saturated rings. The van der Waals surface area contributed by atoms with E-state index in [1.54, 1.807) is 0 Å². The van der Waals surface area contributed by atoms with E-state index in [9.17, 15) is 0 Å². The molecule has 0 bridgehead atoms. The minimum absolute atomic E-state index is 0.148. The number of piperazine rings is 1. The first kappa shape index (κ1) is 15.5. The van der Waals surface area contributed by atoms with Crippen LogP contribution < -0.4 is 0 Å². The largest absolute Gasteiger partial charge is 0.338 e. The summed E-state index contributed by atoms with van der Waals surface area (Å²) in [4.78, 5) is 9.18. The van der Waals surface area contributed by atoms with Crippen LogP contribution in [0.3, 0.4) is 0 Å². The molecule has 1 aliphatic heterocycles. The minimum Gasteiger partial charge on any atom is -0.338 e. The van der Waals surface area contributed by atoms with Gasteiger partial charge in [0.05, 0.1) is 6.54 Å². The molecule has 1 saturated heterocycles. The Kier molecular flexibility index (Phi) is 3.63. The Bertz CT molecular complexity index is 761. The first-order valence-corrected chi connectivity index (χ1v) is 9.35. The van der Waals surface area contributed by atoms with E-state index < -0.39 is 0 Å². The van der Waals surface area contributed by atoms with E-state index in [0.717, 1.165) is 32.0 Å². The van der Waals surface area contributed by atoms with Crippen LogP contribution in [-0.4, -0.2) is 61.4 Å². The molecule has 2 saturated carbocycles. The first-order valence-electron chi connectivity index (χ1n) is 9.35. The van der Waals surface area contributed by atoms with Crippen LogP contribution in [0.1, 0.15) is 67.0 Å². The molecule has 3 aliphatic rings. The zero-order valence-corrected chi connectivity index (χ0v) is 14.9. The first-order chi connectivity index (χ1) is 12.2. The molecule has 2 aliphatic carbocycles. The maximum atomic E-state index is 5.43. The lowest BCUT2D eigenvalue weighted by molar-refractivity contribution is 0.0691. The fourth-order valence-corrected chi connectivity index (χ4v) is 3.78. The molecule has 0 spiro atoms. The summed E-state index contributed by atoms with van der Waals surface area (Å²) in [6.07, 6.45) is 5.10. The van der Waals surface area contributed by atoms with Crippen LogP contribution in [0.15, 0.2) is 4.52 Å². The SMILES string of the molecule is Cc1noc(C2CN(Cc3nnc(C4CC4)n3C3CC3)CCN2C)n1. The van der Waals surface area contributed by atoms with Crippen molar-refractivity contribution in [1.82, 2.24) is 34.7 Å². The summed E-state index contributed by atoms with van der Waals surface area (Å²) in [6.45, 7) is 5.61. The van der Waals surface area contributed by atoms with Gasteiger partial charge in [-0.2, -0.15) is 4.98 Å².